The van der Waals surface area contributed by atoms with E-state index in [0.717, 1.165) is 10.8 Å². The maximum Gasteiger partial charge on any atom is 0.185 e. The average Bonchev–Trinajstić information content (AvgIpc) is 2.36. The molecule has 12 heavy (non-hydrogen) atoms. The van der Waals surface area contributed by atoms with Crippen LogP contribution in [0.2, 0.25) is 0 Å². The SMILES string of the molecule is Cc1nc(N(C)C)sc1C.II. The highest BCUT2D eigenvalue weighted by atomic mass is 128. The molecule has 70 valence electrons. The van der Waals surface area contributed by atoms with Crippen LogP contribution in [0.15, 0.2) is 0 Å². The Labute approximate surface area is 101 Å². The summed E-state index contributed by atoms with van der Waals surface area (Å²) < 4.78 is 0. The normalized spacial score (nSPS) is 8.83. The van der Waals surface area contributed by atoms with Gasteiger partial charge in [-0.1, -0.05) is 0 Å². The van der Waals surface area contributed by atoms with Gasteiger partial charge in [0.25, 0.3) is 0 Å². The largest absolute Gasteiger partial charge is 0.354 e. The monoisotopic (exact) mass is 410 g/mol. The van der Waals surface area contributed by atoms with E-state index in [-0.39, 0.29) is 0 Å². The van der Waals surface area contributed by atoms with Crippen molar-refractivity contribution in [3.63, 3.8) is 0 Å². The maximum absolute atomic E-state index is 4.35. The number of nitrogens with zero attached hydrogens (tertiary/aromatic N) is 2. The van der Waals surface area contributed by atoms with Crippen molar-refractivity contribution in [3.8, 4) is 0 Å². The lowest BCUT2D eigenvalue weighted by atomic mass is 10.4. The lowest BCUT2D eigenvalue weighted by Crippen LogP contribution is -2.07. The second-order valence-corrected chi connectivity index (χ2v) is 3.71. The summed E-state index contributed by atoms with van der Waals surface area (Å²) in [5.41, 5.74) is 1.15. The van der Waals surface area contributed by atoms with E-state index < -0.39 is 0 Å². The molecule has 0 atom stereocenters. The minimum atomic E-state index is 1.09. The topological polar surface area (TPSA) is 16.1 Å². The summed E-state index contributed by atoms with van der Waals surface area (Å²) in [5, 5.41) is 1.09. The van der Waals surface area contributed by atoms with Crippen LogP contribution in [-0.2, 0) is 0 Å². The fourth-order valence-electron chi connectivity index (χ4n) is 0.647. The minimum absolute atomic E-state index is 1.09. The van der Waals surface area contributed by atoms with Gasteiger partial charge in [-0.25, -0.2) is 4.98 Å². The minimum Gasteiger partial charge on any atom is -0.354 e. The van der Waals surface area contributed by atoms with E-state index >= 15 is 0 Å². The van der Waals surface area contributed by atoms with E-state index in [9.17, 15) is 0 Å². The smallest absolute Gasteiger partial charge is 0.185 e. The third-order valence-electron chi connectivity index (χ3n) is 1.40. The quantitative estimate of drug-likeness (QED) is 0.659. The Hall–Kier alpha value is 0.890. The van der Waals surface area contributed by atoms with Crippen LogP contribution in [0.3, 0.4) is 0 Å². The fourth-order valence-corrected chi connectivity index (χ4v) is 1.48. The Morgan fingerprint density at radius 1 is 1.25 bits per heavy atom. The Morgan fingerprint density at radius 2 is 1.75 bits per heavy atom. The predicted octanol–water partition coefficient (Wildman–Crippen LogP) is 3.60. The first-order valence-corrected chi connectivity index (χ1v) is 10.5. The van der Waals surface area contributed by atoms with Crippen molar-refractivity contribution in [1.82, 2.24) is 4.98 Å². The van der Waals surface area contributed by atoms with Crippen molar-refractivity contribution < 1.29 is 0 Å². The van der Waals surface area contributed by atoms with Gasteiger partial charge in [-0.2, -0.15) is 0 Å². The van der Waals surface area contributed by atoms with E-state index in [1.54, 1.807) is 11.3 Å². The number of rotatable bonds is 1. The van der Waals surface area contributed by atoms with Gasteiger partial charge in [0.2, 0.25) is 0 Å². The van der Waals surface area contributed by atoms with Crippen LogP contribution in [-0.4, -0.2) is 19.1 Å². The lowest BCUT2D eigenvalue weighted by molar-refractivity contribution is 1.08. The Kier molecular flexibility index (Phi) is 6.83. The first-order valence-electron chi connectivity index (χ1n) is 3.37. The number of aryl methyl sites for hydroxylation is 2. The highest BCUT2D eigenvalue weighted by molar-refractivity contribution is 15.0. The third kappa shape index (κ3) is 3.73. The van der Waals surface area contributed by atoms with E-state index in [0.29, 0.717) is 0 Å². The van der Waals surface area contributed by atoms with Crippen LogP contribution < -0.4 is 4.90 Å². The van der Waals surface area contributed by atoms with Gasteiger partial charge < -0.3 is 4.90 Å². The van der Waals surface area contributed by atoms with Crippen molar-refractivity contribution in [3.05, 3.63) is 10.6 Å². The first kappa shape index (κ1) is 12.9. The van der Waals surface area contributed by atoms with Gasteiger partial charge in [0.1, 0.15) is 0 Å². The zero-order valence-corrected chi connectivity index (χ0v) is 12.7. The Bertz CT molecular complexity index is 216. The molecule has 0 saturated heterocycles. The molecule has 0 radical (unpaired) electrons. The van der Waals surface area contributed by atoms with Gasteiger partial charge in [0.15, 0.2) is 5.13 Å². The molecule has 2 nitrogen and oxygen atoms in total. The van der Waals surface area contributed by atoms with Crippen LogP contribution in [0.25, 0.3) is 0 Å². The molecule has 0 bridgehead atoms. The van der Waals surface area contributed by atoms with Gasteiger partial charge in [0, 0.05) is 56.2 Å². The molecule has 0 aliphatic heterocycles. The average molecular weight is 410 g/mol. The number of hydrogen-bond acceptors (Lipinski definition) is 3. The van der Waals surface area contributed by atoms with Crippen molar-refractivity contribution in [2.24, 2.45) is 0 Å². The molecule has 1 aromatic rings. The van der Waals surface area contributed by atoms with E-state index in [4.69, 9.17) is 0 Å². The number of hydrogen-bond donors (Lipinski definition) is 0. The van der Waals surface area contributed by atoms with Crippen LogP contribution in [0, 0.1) is 13.8 Å². The van der Waals surface area contributed by atoms with E-state index in [1.807, 2.05) is 25.9 Å². The Balaban J connectivity index is 0.000000561. The van der Waals surface area contributed by atoms with Crippen molar-refractivity contribution in [2.75, 3.05) is 19.0 Å². The maximum atomic E-state index is 4.35. The molecule has 0 aliphatic carbocycles. The highest BCUT2D eigenvalue weighted by Crippen LogP contribution is 2.22. The Morgan fingerprint density at radius 3 is 1.92 bits per heavy atom. The summed E-state index contributed by atoms with van der Waals surface area (Å²) in [4.78, 5) is 7.70. The zero-order chi connectivity index (χ0) is 9.72. The predicted molar refractivity (Wildman–Crippen MR) is 74.0 cm³/mol. The zero-order valence-electron chi connectivity index (χ0n) is 7.56. The van der Waals surface area contributed by atoms with E-state index in [2.05, 4.69) is 49.1 Å². The number of aromatic nitrogens is 1. The van der Waals surface area contributed by atoms with Crippen molar-refractivity contribution in [1.29, 1.82) is 0 Å². The molecule has 0 fully saturated rings. The van der Waals surface area contributed by atoms with Crippen LogP contribution in [0.4, 0.5) is 5.13 Å². The highest BCUT2D eigenvalue weighted by Gasteiger charge is 2.03. The molecule has 0 N–H and O–H groups in total. The number of halogens is 2. The summed E-state index contributed by atoms with van der Waals surface area (Å²) in [6.45, 7) is 4.14. The van der Waals surface area contributed by atoms with Gasteiger partial charge in [0.05, 0.1) is 5.69 Å². The van der Waals surface area contributed by atoms with Gasteiger partial charge in [-0.05, 0) is 13.8 Å². The summed E-state index contributed by atoms with van der Waals surface area (Å²) in [6.07, 6.45) is 0. The third-order valence-corrected chi connectivity index (χ3v) is 2.64. The van der Waals surface area contributed by atoms with E-state index in [1.165, 1.54) is 4.88 Å². The molecule has 5 heteroatoms. The van der Waals surface area contributed by atoms with Crippen LogP contribution >= 0.6 is 48.6 Å². The number of anilines is 1. The molecule has 0 aromatic carbocycles. The van der Waals surface area contributed by atoms with Crippen molar-refractivity contribution >= 4 is 53.7 Å². The molecule has 0 amide bonds. The second-order valence-electron chi connectivity index (χ2n) is 2.53. The van der Waals surface area contributed by atoms with Crippen molar-refractivity contribution in [2.45, 2.75) is 13.8 Å². The molecule has 0 unspecified atom stereocenters. The van der Waals surface area contributed by atoms with Gasteiger partial charge in [-0.15, -0.1) is 11.3 Å². The molecule has 1 aromatic heterocycles. The molecule has 1 heterocycles. The first-order chi connectivity index (χ1) is 5.61. The number of thiazole rings is 1. The van der Waals surface area contributed by atoms with Gasteiger partial charge >= 0.3 is 0 Å². The molecule has 0 saturated carbocycles. The standard InChI is InChI=1S/C7H12N2S.I2/c1-5-6(2)10-7(8-5)9(3)4;1-2/h1-4H3;. The summed E-state index contributed by atoms with van der Waals surface area (Å²) >= 11 is 5.98. The molecule has 1 rings (SSSR count). The molecular formula is C7H12I2N2S. The summed E-state index contributed by atoms with van der Waals surface area (Å²) in [7, 11) is 4.02. The lowest BCUT2D eigenvalue weighted by Gasteiger charge is -2.04. The fraction of sp³-hybridized carbons (Fsp3) is 0.571. The molecular weight excluding hydrogens is 398 g/mol. The molecule has 0 aliphatic rings. The summed E-state index contributed by atoms with van der Waals surface area (Å²) in [6, 6.07) is 0. The summed E-state index contributed by atoms with van der Waals surface area (Å²) in [5.74, 6) is 0. The molecule has 0 spiro atoms. The van der Waals surface area contributed by atoms with Crippen LogP contribution in [0.5, 0.6) is 0 Å². The second kappa shape index (κ2) is 6.36. The van der Waals surface area contributed by atoms with Gasteiger partial charge in [-0.3, -0.25) is 0 Å². The van der Waals surface area contributed by atoms with Crippen LogP contribution in [0.1, 0.15) is 10.6 Å².